The number of carbonyl (C=O) groups is 5. The Labute approximate surface area is 193 Å². The molecule has 13 nitrogen and oxygen atoms in total. The molecule has 0 aliphatic carbocycles. The zero-order chi connectivity index (χ0) is 25.7. The third kappa shape index (κ3) is 11.1. The quantitative estimate of drug-likeness (QED) is 0.108. The Balaban J connectivity index is 5.48. The topological polar surface area (TPSA) is 240 Å². The van der Waals surface area contributed by atoms with Gasteiger partial charge in [-0.1, -0.05) is 26.7 Å². The van der Waals surface area contributed by atoms with Crippen LogP contribution in [-0.4, -0.2) is 76.6 Å². The van der Waals surface area contributed by atoms with Gasteiger partial charge in [0.25, 0.3) is 0 Å². The molecule has 0 saturated carbocycles. The van der Waals surface area contributed by atoms with Crippen LogP contribution in [0.2, 0.25) is 0 Å². The monoisotopic (exact) mass is 474 g/mol. The fourth-order valence-corrected chi connectivity index (χ4v) is 2.92. The van der Waals surface area contributed by atoms with Crippen molar-refractivity contribution in [3.63, 3.8) is 0 Å². The zero-order valence-corrected chi connectivity index (χ0v) is 19.4. The average Bonchev–Trinajstić information content (AvgIpc) is 2.73. The second-order valence-corrected chi connectivity index (χ2v) is 8.06. The van der Waals surface area contributed by atoms with Crippen LogP contribution in [0.5, 0.6) is 0 Å². The summed E-state index contributed by atoms with van der Waals surface area (Å²) in [6, 6.07) is -5.11. The molecule has 190 valence electrons. The fourth-order valence-electron chi connectivity index (χ4n) is 2.92. The van der Waals surface area contributed by atoms with Gasteiger partial charge in [0.1, 0.15) is 12.1 Å². The first kappa shape index (κ1) is 30.2. The van der Waals surface area contributed by atoms with Gasteiger partial charge >= 0.3 is 5.97 Å². The lowest BCUT2D eigenvalue weighted by atomic mass is 9.97. The van der Waals surface area contributed by atoms with Crippen molar-refractivity contribution in [3.8, 4) is 0 Å². The summed E-state index contributed by atoms with van der Waals surface area (Å²) in [5.41, 5.74) is 16.5. The fraction of sp³-hybridized carbons (Fsp3) is 0.750. The molecule has 0 aliphatic heterocycles. The maximum atomic E-state index is 12.9. The Kier molecular flexibility index (Phi) is 13.9. The highest BCUT2D eigenvalue weighted by molar-refractivity contribution is 5.96. The molecule has 11 N–H and O–H groups in total. The molecule has 0 radical (unpaired) electrons. The minimum Gasteiger partial charge on any atom is -0.480 e. The molecule has 0 aliphatic rings. The van der Waals surface area contributed by atoms with Gasteiger partial charge in [-0.3, -0.25) is 19.2 Å². The smallest absolute Gasteiger partial charge is 0.328 e. The predicted molar refractivity (Wildman–Crippen MR) is 119 cm³/mol. The summed E-state index contributed by atoms with van der Waals surface area (Å²) in [5, 5.41) is 25.7. The van der Waals surface area contributed by atoms with E-state index in [2.05, 4.69) is 16.0 Å². The molecule has 0 rings (SSSR count). The number of aliphatic carboxylic acids is 1. The molecule has 13 heteroatoms. The number of carboxylic acids is 1. The number of aliphatic hydroxyl groups is 1. The van der Waals surface area contributed by atoms with E-state index in [1.807, 2.05) is 0 Å². The standard InChI is InChI=1S/C20H38N6O7/c1-4-10(2)15(25-17(29)12(22)7-5-6-8-21)19(31)24-13(9-14(23)28)18(30)26-16(11(3)27)20(32)33/h10-13,15-16,27H,4-9,21-22H2,1-3H3,(H2,23,28)(H,24,31)(H,25,29)(H,26,30)(H,32,33). The van der Waals surface area contributed by atoms with Crippen molar-refractivity contribution in [2.75, 3.05) is 6.54 Å². The number of amides is 4. The van der Waals surface area contributed by atoms with Gasteiger partial charge in [-0.05, 0) is 32.2 Å². The molecule has 0 bridgehead atoms. The Morgan fingerprint density at radius 3 is 1.94 bits per heavy atom. The van der Waals surface area contributed by atoms with Crippen LogP contribution in [-0.2, 0) is 24.0 Å². The number of nitrogens with two attached hydrogens (primary N) is 3. The maximum absolute atomic E-state index is 12.9. The number of rotatable bonds is 16. The molecule has 0 spiro atoms. The van der Waals surface area contributed by atoms with Crippen LogP contribution in [0.25, 0.3) is 0 Å². The van der Waals surface area contributed by atoms with E-state index in [-0.39, 0.29) is 5.92 Å². The summed E-state index contributed by atoms with van der Waals surface area (Å²) in [6.07, 6.45) is 0.148. The van der Waals surface area contributed by atoms with Crippen molar-refractivity contribution in [1.29, 1.82) is 0 Å². The van der Waals surface area contributed by atoms with Crippen LogP contribution in [0, 0.1) is 5.92 Å². The maximum Gasteiger partial charge on any atom is 0.328 e. The largest absolute Gasteiger partial charge is 0.480 e. The third-order valence-electron chi connectivity index (χ3n) is 5.18. The van der Waals surface area contributed by atoms with E-state index in [1.54, 1.807) is 13.8 Å². The first-order valence-electron chi connectivity index (χ1n) is 10.9. The van der Waals surface area contributed by atoms with Crippen LogP contribution in [0.1, 0.15) is 52.9 Å². The minimum absolute atomic E-state index is 0.355. The Morgan fingerprint density at radius 1 is 0.909 bits per heavy atom. The molecule has 6 unspecified atom stereocenters. The van der Waals surface area contributed by atoms with Gasteiger partial charge in [0.15, 0.2) is 6.04 Å². The molecular weight excluding hydrogens is 436 g/mol. The van der Waals surface area contributed by atoms with Gasteiger partial charge < -0.3 is 43.4 Å². The molecule has 33 heavy (non-hydrogen) atoms. The van der Waals surface area contributed by atoms with Crippen molar-refractivity contribution in [3.05, 3.63) is 0 Å². The number of unbranched alkanes of at least 4 members (excludes halogenated alkanes) is 1. The van der Waals surface area contributed by atoms with E-state index in [4.69, 9.17) is 22.3 Å². The van der Waals surface area contributed by atoms with Gasteiger partial charge in [-0.2, -0.15) is 0 Å². The second-order valence-electron chi connectivity index (χ2n) is 8.06. The number of aliphatic hydroxyl groups excluding tert-OH is 1. The SMILES string of the molecule is CCC(C)C(NC(=O)C(N)CCCCN)C(=O)NC(CC(N)=O)C(=O)NC(C(=O)O)C(C)O. The Bertz CT molecular complexity index is 688. The number of carboxylic acid groups (broad SMARTS) is 1. The van der Waals surface area contributed by atoms with E-state index in [9.17, 15) is 29.1 Å². The highest BCUT2D eigenvalue weighted by atomic mass is 16.4. The van der Waals surface area contributed by atoms with Gasteiger partial charge in [0, 0.05) is 0 Å². The van der Waals surface area contributed by atoms with Crippen LogP contribution < -0.4 is 33.2 Å². The van der Waals surface area contributed by atoms with Crippen molar-refractivity contribution >= 4 is 29.6 Å². The number of hydrogen-bond donors (Lipinski definition) is 8. The summed E-state index contributed by atoms with van der Waals surface area (Å²) in [6.45, 7) is 5.13. The van der Waals surface area contributed by atoms with Gasteiger partial charge in [-0.15, -0.1) is 0 Å². The number of primary amides is 1. The van der Waals surface area contributed by atoms with Crippen molar-refractivity contribution in [1.82, 2.24) is 16.0 Å². The zero-order valence-electron chi connectivity index (χ0n) is 19.4. The molecular formula is C20H38N6O7. The predicted octanol–water partition coefficient (Wildman–Crippen LogP) is -2.72. The van der Waals surface area contributed by atoms with E-state index in [0.29, 0.717) is 32.2 Å². The number of nitrogens with one attached hydrogen (secondary N) is 3. The van der Waals surface area contributed by atoms with Gasteiger partial charge in [0.05, 0.1) is 18.6 Å². The number of carbonyl (C=O) groups excluding carboxylic acids is 4. The van der Waals surface area contributed by atoms with Crippen LogP contribution in [0.3, 0.4) is 0 Å². The molecule has 0 aromatic rings. The van der Waals surface area contributed by atoms with Crippen LogP contribution >= 0.6 is 0 Å². The molecule has 6 atom stereocenters. The van der Waals surface area contributed by atoms with Gasteiger partial charge in [-0.25, -0.2) is 4.79 Å². The molecule has 0 heterocycles. The Morgan fingerprint density at radius 2 is 1.48 bits per heavy atom. The molecule has 0 fully saturated rings. The summed E-state index contributed by atoms with van der Waals surface area (Å²) in [7, 11) is 0. The van der Waals surface area contributed by atoms with Crippen molar-refractivity contribution < 1.29 is 34.2 Å². The van der Waals surface area contributed by atoms with Crippen LogP contribution in [0.4, 0.5) is 0 Å². The molecule has 0 aromatic carbocycles. The molecule has 0 saturated heterocycles. The Hall–Kier alpha value is -2.77. The summed E-state index contributed by atoms with van der Waals surface area (Å²) in [5.74, 6) is -5.13. The lowest BCUT2D eigenvalue weighted by Crippen LogP contribution is -2.60. The lowest BCUT2D eigenvalue weighted by molar-refractivity contribution is -0.145. The molecule has 0 aromatic heterocycles. The lowest BCUT2D eigenvalue weighted by Gasteiger charge is -2.28. The average molecular weight is 475 g/mol. The highest BCUT2D eigenvalue weighted by Crippen LogP contribution is 2.10. The summed E-state index contributed by atoms with van der Waals surface area (Å²) >= 11 is 0. The van der Waals surface area contributed by atoms with Crippen molar-refractivity contribution in [2.45, 2.75) is 83.1 Å². The second kappa shape index (κ2) is 15.1. The summed E-state index contributed by atoms with van der Waals surface area (Å²) in [4.78, 5) is 60.6. The highest BCUT2D eigenvalue weighted by Gasteiger charge is 2.34. The van der Waals surface area contributed by atoms with E-state index >= 15 is 0 Å². The number of hydrogen-bond acceptors (Lipinski definition) is 8. The molecule has 4 amide bonds. The first-order valence-corrected chi connectivity index (χ1v) is 10.9. The first-order chi connectivity index (χ1) is 15.3. The van der Waals surface area contributed by atoms with E-state index < -0.39 is 66.3 Å². The van der Waals surface area contributed by atoms with E-state index in [1.165, 1.54) is 0 Å². The summed E-state index contributed by atoms with van der Waals surface area (Å²) < 4.78 is 0. The van der Waals surface area contributed by atoms with Crippen molar-refractivity contribution in [2.24, 2.45) is 23.1 Å². The van der Waals surface area contributed by atoms with E-state index in [0.717, 1.165) is 6.92 Å². The minimum atomic E-state index is -1.67. The van der Waals surface area contributed by atoms with Gasteiger partial charge in [0.2, 0.25) is 23.6 Å². The normalized spacial score (nSPS) is 16.4. The third-order valence-corrected chi connectivity index (χ3v) is 5.18. The van der Waals surface area contributed by atoms with Crippen LogP contribution in [0.15, 0.2) is 0 Å².